The van der Waals surface area contributed by atoms with E-state index in [-0.39, 0.29) is 11.7 Å². The van der Waals surface area contributed by atoms with E-state index in [4.69, 9.17) is 4.52 Å². The van der Waals surface area contributed by atoms with E-state index in [1.54, 1.807) is 12.1 Å². The van der Waals surface area contributed by atoms with Crippen molar-refractivity contribution < 1.29 is 13.7 Å². The van der Waals surface area contributed by atoms with E-state index in [9.17, 15) is 9.18 Å². The van der Waals surface area contributed by atoms with Crippen LogP contribution in [0, 0.1) is 5.82 Å². The average molecular weight is 387 g/mol. The Labute approximate surface area is 166 Å². The number of halogens is 1. The van der Waals surface area contributed by atoms with E-state index in [1.165, 1.54) is 12.1 Å². The van der Waals surface area contributed by atoms with Crippen LogP contribution in [0.1, 0.15) is 23.2 Å². The summed E-state index contributed by atoms with van der Waals surface area (Å²) in [6, 6.07) is 17.4. The molecule has 3 heterocycles. The molecule has 6 heteroatoms. The Bertz CT molecular complexity index is 1180. The Balaban J connectivity index is 1.73. The number of carbonyl (C=O) groups excluding carboxylic acids is 1. The summed E-state index contributed by atoms with van der Waals surface area (Å²) in [5, 5.41) is 4.73. The van der Waals surface area contributed by atoms with E-state index in [0.717, 1.165) is 31.5 Å². The summed E-state index contributed by atoms with van der Waals surface area (Å²) in [5.41, 5.74) is 3.53. The molecule has 0 aliphatic carbocycles. The van der Waals surface area contributed by atoms with Gasteiger partial charge < -0.3 is 9.42 Å². The van der Waals surface area contributed by atoms with Crippen LogP contribution in [-0.4, -0.2) is 34.0 Å². The van der Waals surface area contributed by atoms with Crippen LogP contribution < -0.4 is 0 Å². The molecular weight excluding hydrogens is 369 g/mol. The number of hydrogen-bond acceptors (Lipinski definition) is 4. The van der Waals surface area contributed by atoms with Crippen molar-refractivity contribution in [2.75, 3.05) is 13.1 Å². The molecule has 0 radical (unpaired) electrons. The first-order chi connectivity index (χ1) is 14.2. The van der Waals surface area contributed by atoms with Crippen LogP contribution in [0.4, 0.5) is 4.39 Å². The molecule has 1 aliphatic heterocycles. The molecule has 0 spiro atoms. The second kappa shape index (κ2) is 7.13. The van der Waals surface area contributed by atoms with Crippen molar-refractivity contribution in [1.82, 2.24) is 15.0 Å². The van der Waals surface area contributed by atoms with Crippen LogP contribution >= 0.6 is 0 Å². The third-order valence-corrected chi connectivity index (χ3v) is 5.26. The summed E-state index contributed by atoms with van der Waals surface area (Å²) in [5.74, 6) is -0.391. The molecule has 1 fully saturated rings. The molecule has 5 nitrogen and oxygen atoms in total. The van der Waals surface area contributed by atoms with Crippen molar-refractivity contribution in [2.24, 2.45) is 0 Å². The first-order valence-corrected chi connectivity index (χ1v) is 9.62. The van der Waals surface area contributed by atoms with Gasteiger partial charge in [0.2, 0.25) is 0 Å². The maximum absolute atomic E-state index is 13.4. The molecule has 1 amide bonds. The lowest BCUT2D eigenvalue weighted by atomic mass is 10.0. The molecule has 4 aromatic rings. The van der Waals surface area contributed by atoms with Crippen LogP contribution in [0.15, 0.2) is 65.2 Å². The second-order valence-corrected chi connectivity index (χ2v) is 7.14. The molecule has 0 unspecified atom stereocenters. The van der Waals surface area contributed by atoms with E-state index < -0.39 is 0 Å². The van der Waals surface area contributed by atoms with Gasteiger partial charge in [-0.2, -0.15) is 0 Å². The lowest BCUT2D eigenvalue weighted by Crippen LogP contribution is -2.27. The number of benzene rings is 2. The predicted octanol–water partition coefficient (Wildman–Crippen LogP) is 4.93. The van der Waals surface area contributed by atoms with Crippen LogP contribution in [0.2, 0.25) is 0 Å². The molecule has 1 aliphatic rings. The molecule has 144 valence electrons. The SMILES string of the molecule is O=C(c1cc(-c2ccccc2)nc2onc(-c3ccc(F)cc3)c12)N1CCCC1. The van der Waals surface area contributed by atoms with Gasteiger partial charge in [-0.1, -0.05) is 35.5 Å². The number of fused-ring (bicyclic) bond motifs is 1. The molecule has 29 heavy (non-hydrogen) atoms. The van der Waals surface area contributed by atoms with Crippen LogP contribution in [0.25, 0.3) is 33.6 Å². The first-order valence-electron chi connectivity index (χ1n) is 9.62. The van der Waals surface area contributed by atoms with Crippen molar-refractivity contribution in [3.63, 3.8) is 0 Å². The topological polar surface area (TPSA) is 59.2 Å². The van der Waals surface area contributed by atoms with Gasteiger partial charge in [-0.25, -0.2) is 9.37 Å². The van der Waals surface area contributed by atoms with Gasteiger partial charge in [0.1, 0.15) is 11.5 Å². The van der Waals surface area contributed by atoms with E-state index >= 15 is 0 Å². The molecule has 5 rings (SSSR count). The molecule has 2 aromatic carbocycles. The molecule has 0 bridgehead atoms. The minimum atomic E-state index is -0.334. The zero-order valence-corrected chi connectivity index (χ0v) is 15.6. The van der Waals surface area contributed by atoms with E-state index in [0.29, 0.717) is 33.6 Å². The lowest BCUT2D eigenvalue weighted by molar-refractivity contribution is 0.0794. The highest BCUT2D eigenvalue weighted by Crippen LogP contribution is 2.33. The number of pyridine rings is 1. The number of aromatic nitrogens is 2. The molecule has 1 saturated heterocycles. The molecule has 0 saturated carbocycles. The van der Waals surface area contributed by atoms with Crippen molar-refractivity contribution in [1.29, 1.82) is 0 Å². The quantitative estimate of drug-likeness (QED) is 0.500. The van der Waals surface area contributed by atoms with Gasteiger partial charge in [0.15, 0.2) is 0 Å². The summed E-state index contributed by atoms with van der Waals surface area (Å²) in [6.45, 7) is 1.47. The summed E-state index contributed by atoms with van der Waals surface area (Å²) in [7, 11) is 0. The molecule has 0 atom stereocenters. The fourth-order valence-corrected chi connectivity index (χ4v) is 3.77. The van der Waals surface area contributed by atoms with Gasteiger partial charge in [-0.15, -0.1) is 0 Å². The van der Waals surface area contributed by atoms with Crippen molar-refractivity contribution >= 4 is 17.0 Å². The van der Waals surface area contributed by atoms with Crippen LogP contribution in [0.5, 0.6) is 0 Å². The Morgan fingerprint density at radius 1 is 0.966 bits per heavy atom. The first kappa shape index (κ1) is 17.6. The fraction of sp³-hybridized carbons (Fsp3) is 0.174. The van der Waals surface area contributed by atoms with Gasteiger partial charge in [-0.3, -0.25) is 4.79 Å². The van der Waals surface area contributed by atoms with Crippen molar-refractivity contribution in [3.05, 3.63) is 72.0 Å². The smallest absolute Gasteiger partial charge is 0.259 e. The summed E-state index contributed by atoms with van der Waals surface area (Å²) < 4.78 is 18.9. The monoisotopic (exact) mass is 387 g/mol. The van der Waals surface area contributed by atoms with E-state index in [2.05, 4.69) is 10.1 Å². The maximum Gasteiger partial charge on any atom is 0.259 e. The summed E-state index contributed by atoms with van der Waals surface area (Å²) in [6.07, 6.45) is 2.00. The third-order valence-electron chi connectivity index (χ3n) is 5.26. The minimum absolute atomic E-state index is 0.0568. The maximum atomic E-state index is 13.4. The number of nitrogens with zero attached hydrogens (tertiary/aromatic N) is 3. The van der Waals surface area contributed by atoms with Crippen LogP contribution in [-0.2, 0) is 0 Å². The fourth-order valence-electron chi connectivity index (χ4n) is 3.77. The number of amides is 1. The summed E-state index contributed by atoms with van der Waals surface area (Å²) >= 11 is 0. The van der Waals surface area contributed by atoms with Gasteiger partial charge in [0, 0.05) is 24.2 Å². The summed E-state index contributed by atoms with van der Waals surface area (Å²) in [4.78, 5) is 19.8. The van der Waals surface area contributed by atoms with Gasteiger partial charge >= 0.3 is 0 Å². The van der Waals surface area contributed by atoms with Gasteiger partial charge in [0.05, 0.1) is 16.6 Å². The Hall–Kier alpha value is -3.54. The van der Waals surface area contributed by atoms with Gasteiger partial charge in [0.25, 0.3) is 11.6 Å². The zero-order valence-electron chi connectivity index (χ0n) is 15.6. The second-order valence-electron chi connectivity index (χ2n) is 7.14. The highest BCUT2D eigenvalue weighted by atomic mass is 19.1. The number of carbonyl (C=O) groups is 1. The number of likely N-dealkylation sites (tertiary alicyclic amines) is 1. The molecule has 0 N–H and O–H groups in total. The van der Waals surface area contributed by atoms with E-state index in [1.807, 2.05) is 41.3 Å². The average Bonchev–Trinajstić information content (AvgIpc) is 3.44. The Kier molecular flexibility index (Phi) is 4.31. The number of hydrogen-bond donors (Lipinski definition) is 0. The Morgan fingerprint density at radius 3 is 2.41 bits per heavy atom. The van der Waals surface area contributed by atoms with Crippen molar-refractivity contribution in [3.8, 4) is 22.5 Å². The highest BCUT2D eigenvalue weighted by Gasteiger charge is 2.26. The predicted molar refractivity (Wildman–Crippen MR) is 108 cm³/mol. The number of rotatable bonds is 3. The highest BCUT2D eigenvalue weighted by molar-refractivity contribution is 6.10. The van der Waals surface area contributed by atoms with Crippen LogP contribution in [0.3, 0.4) is 0 Å². The zero-order chi connectivity index (χ0) is 19.8. The van der Waals surface area contributed by atoms with Gasteiger partial charge in [-0.05, 0) is 43.2 Å². The standard InChI is InChI=1S/C23H18FN3O2/c24-17-10-8-16(9-11-17)21-20-18(23(28)27-12-4-5-13-27)14-19(25-22(20)29-26-21)15-6-2-1-3-7-15/h1-3,6-11,14H,4-5,12-13H2. The normalized spacial score (nSPS) is 13.9. The molecule has 2 aromatic heterocycles. The lowest BCUT2D eigenvalue weighted by Gasteiger charge is -2.16. The third kappa shape index (κ3) is 3.16. The molecular formula is C23H18FN3O2. The largest absolute Gasteiger partial charge is 0.339 e. The minimum Gasteiger partial charge on any atom is -0.339 e. The van der Waals surface area contributed by atoms with Crippen molar-refractivity contribution in [2.45, 2.75) is 12.8 Å². The Morgan fingerprint density at radius 2 is 1.69 bits per heavy atom.